The Kier molecular flexibility index (Phi) is 3.26. The van der Waals surface area contributed by atoms with Gasteiger partial charge in [-0.1, -0.05) is 28.1 Å². The Bertz CT molecular complexity index is 547. The Morgan fingerprint density at radius 2 is 2.06 bits per heavy atom. The third-order valence-electron chi connectivity index (χ3n) is 2.38. The lowest BCUT2D eigenvalue weighted by atomic mass is 10.1. The number of nitrogens with one attached hydrogen (secondary N) is 1. The number of hydrogen-bond acceptors (Lipinski definition) is 3. The summed E-state index contributed by atoms with van der Waals surface area (Å²) < 4.78 is 2.65. The van der Waals surface area contributed by atoms with Crippen LogP contribution in [0, 0.1) is 0 Å². The van der Waals surface area contributed by atoms with Crippen molar-refractivity contribution in [2.45, 2.75) is 0 Å². The number of rotatable bonds is 2. The fourth-order valence-electron chi connectivity index (χ4n) is 1.54. The van der Waals surface area contributed by atoms with E-state index in [0.29, 0.717) is 5.69 Å². The van der Waals surface area contributed by atoms with Crippen LogP contribution in [0.1, 0.15) is 10.5 Å². The highest BCUT2D eigenvalue weighted by atomic mass is 79.9. The van der Waals surface area contributed by atoms with E-state index in [2.05, 4.69) is 26.5 Å². The fourth-order valence-corrected chi connectivity index (χ4v) is 1.81. The van der Waals surface area contributed by atoms with Crippen molar-refractivity contribution in [1.82, 2.24) is 15.2 Å². The zero-order valence-corrected chi connectivity index (χ0v) is 10.7. The minimum Gasteiger partial charge on any atom is -0.289 e. The van der Waals surface area contributed by atoms with Gasteiger partial charge in [0, 0.05) is 11.5 Å². The molecule has 0 radical (unpaired) electrons. The maximum absolute atomic E-state index is 11.3. The van der Waals surface area contributed by atoms with Gasteiger partial charge in [-0.3, -0.25) is 14.9 Å². The van der Waals surface area contributed by atoms with E-state index in [4.69, 9.17) is 5.84 Å². The lowest BCUT2D eigenvalue weighted by molar-refractivity contribution is 0.0948. The van der Waals surface area contributed by atoms with E-state index < -0.39 is 5.91 Å². The van der Waals surface area contributed by atoms with E-state index in [0.717, 1.165) is 15.7 Å². The van der Waals surface area contributed by atoms with Crippen LogP contribution in [-0.2, 0) is 7.05 Å². The number of benzene rings is 1. The molecule has 1 amide bonds. The van der Waals surface area contributed by atoms with Crippen molar-refractivity contribution in [2.75, 3.05) is 0 Å². The van der Waals surface area contributed by atoms with Gasteiger partial charge in [0.2, 0.25) is 0 Å². The van der Waals surface area contributed by atoms with Crippen molar-refractivity contribution in [3.8, 4) is 11.3 Å². The maximum Gasteiger partial charge on any atom is 0.285 e. The SMILES string of the molecule is Cn1nc(C(=O)NN)cc1-c1ccc(Br)cc1. The summed E-state index contributed by atoms with van der Waals surface area (Å²) in [7, 11) is 1.78. The first-order chi connectivity index (χ1) is 8.11. The van der Waals surface area contributed by atoms with Gasteiger partial charge in [0.25, 0.3) is 5.91 Å². The smallest absolute Gasteiger partial charge is 0.285 e. The zero-order valence-electron chi connectivity index (χ0n) is 9.14. The molecule has 0 bridgehead atoms. The van der Waals surface area contributed by atoms with Crippen molar-refractivity contribution >= 4 is 21.8 Å². The number of carbonyl (C=O) groups excluding carboxylic acids is 1. The molecule has 17 heavy (non-hydrogen) atoms. The van der Waals surface area contributed by atoms with E-state index in [-0.39, 0.29) is 0 Å². The third-order valence-corrected chi connectivity index (χ3v) is 2.91. The molecule has 5 nitrogen and oxygen atoms in total. The van der Waals surface area contributed by atoms with Crippen LogP contribution < -0.4 is 11.3 Å². The predicted octanol–water partition coefficient (Wildman–Crippen LogP) is 1.45. The molecule has 0 aliphatic carbocycles. The Hall–Kier alpha value is -1.66. The Labute approximate surface area is 107 Å². The second-order valence-corrected chi connectivity index (χ2v) is 4.43. The topological polar surface area (TPSA) is 72.9 Å². The summed E-state index contributed by atoms with van der Waals surface area (Å²) in [5.41, 5.74) is 4.20. The fraction of sp³-hybridized carbons (Fsp3) is 0.0909. The van der Waals surface area contributed by atoms with Crippen LogP contribution in [0.4, 0.5) is 0 Å². The number of nitrogens with two attached hydrogens (primary N) is 1. The zero-order chi connectivity index (χ0) is 12.4. The Morgan fingerprint density at radius 1 is 1.41 bits per heavy atom. The molecule has 2 aromatic rings. The number of nitrogens with zero attached hydrogens (tertiary/aromatic N) is 2. The maximum atomic E-state index is 11.3. The van der Waals surface area contributed by atoms with Gasteiger partial charge in [0.05, 0.1) is 5.69 Å². The summed E-state index contributed by atoms with van der Waals surface area (Å²) >= 11 is 3.37. The van der Waals surface area contributed by atoms with Crippen molar-refractivity contribution in [2.24, 2.45) is 12.9 Å². The van der Waals surface area contributed by atoms with E-state index in [1.54, 1.807) is 17.8 Å². The van der Waals surface area contributed by atoms with Crippen LogP contribution in [0.25, 0.3) is 11.3 Å². The average molecular weight is 295 g/mol. The summed E-state index contributed by atoms with van der Waals surface area (Å²) in [6, 6.07) is 9.47. The third kappa shape index (κ3) is 2.37. The lowest BCUT2D eigenvalue weighted by Gasteiger charge is -2.01. The van der Waals surface area contributed by atoms with Gasteiger partial charge in [-0.05, 0) is 23.8 Å². The summed E-state index contributed by atoms with van der Waals surface area (Å²) in [6.07, 6.45) is 0. The summed E-state index contributed by atoms with van der Waals surface area (Å²) in [5.74, 6) is 4.67. The molecule has 0 unspecified atom stereocenters. The largest absolute Gasteiger partial charge is 0.289 e. The molecule has 0 atom stereocenters. The number of hydrogen-bond donors (Lipinski definition) is 2. The van der Waals surface area contributed by atoms with E-state index in [9.17, 15) is 4.79 Å². The van der Waals surface area contributed by atoms with Gasteiger partial charge in [0.1, 0.15) is 0 Å². The highest BCUT2D eigenvalue weighted by Gasteiger charge is 2.12. The van der Waals surface area contributed by atoms with Crippen LogP contribution in [0.2, 0.25) is 0 Å². The van der Waals surface area contributed by atoms with Gasteiger partial charge in [-0.2, -0.15) is 5.10 Å². The summed E-state index contributed by atoms with van der Waals surface area (Å²) in [5, 5.41) is 4.09. The summed E-state index contributed by atoms with van der Waals surface area (Å²) in [6.45, 7) is 0. The number of amides is 1. The van der Waals surface area contributed by atoms with Gasteiger partial charge in [0.15, 0.2) is 5.69 Å². The molecule has 0 fully saturated rings. The molecule has 1 aromatic heterocycles. The highest BCUT2D eigenvalue weighted by Crippen LogP contribution is 2.22. The number of aromatic nitrogens is 2. The van der Waals surface area contributed by atoms with Crippen LogP contribution in [0.3, 0.4) is 0 Å². The number of nitrogen functional groups attached to an aromatic ring is 1. The molecule has 3 N–H and O–H groups in total. The van der Waals surface area contributed by atoms with Crippen LogP contribution in [0.5, 0.6) is 0 Å². The first-order valence-corrected chi connectivity index (χ1v) is 5.72. The molecular weight excluding hydrogens is 284 g/mol. The van der Waals surface area contributed by atoms with Gasteiger partial charge in [-0.25, -0.2) is 5.84 Å². The number of hydrazine groups is 1. The average Bonchev–Trinajstić information content (AvgIpc) is 2.71. The highest BCUT2D eigenvalue weighted by molar-refractivity contribution is 9.10. The number of halogens is 1. The molecule has 0 saturated carbocycles. The normalized spacial score (nSPS) is 10.3. The molecule has 0 saturated heterocycles. The van der Waals surface area contributed by atoms with Gasteiger partial charge >= 0.3 is 0 Å². The van der Waals surface area contributed by atoms with Crippen molar-refractivity contribution in [3.05, 3.63) is 40.5 Å². The van der Waals surface area contributed by atoms with Crippen LogP contribution in [-0.4, -0.2) is 15.7 Å². The molecule has 6 heteroatoms. The van der Waals surface area contributed by atoms with Crippen molar-refractivity contribution in [1.29, 1.82) is 0 Å². The first kappa shape index (κ1) is 11.8. The minimum atomic E-state index is -0.399. The second kappa shape index (κ2) is 4.68. The molecular formula is C11H11BrN4O. The van der Waals surface area contributed by atoms with E-state index in [1.807, 2.05) is 24.3 Å². The lowest BCUT2D eigenvalue weighted by Crippen LogP contribution is -2.30. The summed E-state index contributed by atoms with van der Waals surface area (Å²) in [4.78, 5) is 11.3. The van der Waals surface area contributed by atoms with Crippen molar-refractivity contribution < 1.29 is 4.79 Å². The molecule has 1 heterocycles. The first-order valence-electron chi connectivity index (χ1n) is 4.92. The Balaban J connectivity index is 2.42. The predicted molar refractivity (Wildman–Crippen MR) is 68.0 cm³/mol. The number of carbonyl (C=O) groups is 1. The molecule has 1 aromatic carbocycles. The molecule has 0 aliphatic rings. The van der Waals surface area contributed by atoms with Gasteiger partial charge < -0.3 is 0 Å². The standard InChI is InChI=1S/C11H11BrN4O/c1-16-10(6-9(15-16)11(17)14-13)7-2-4-8(12)5-3-7/h2-6H,13H2,1H3,(H,14,17). The Morgan fingerprint density at radius 3 is 2.65 bits per heavy atom. The second-order valence-electron chi connectivity index (χ2n) is 3.52. The van der Waals surface area contributed by atoms with Gasteiger partial charge in [-0.15, -0.1) is 0 Å². The van der Waals surface area contributed by atoms with Crippen LogP contribution in [0.15, 0.2) is 34.8 Å². The van der Waals surface area contributed by atoms with Crippen LogP contribution >= 0.6 is 15.9 Å². The van der Waals surface area contributed by atoms with E-state index >= 15 is 0 Å². The monoisotopic (exact) mass is 294 g/mol. The molecule has 0 spiro atoms. The molecule has 88 valence electrons. The van der Waals surface area contributed by atoms with E-state index in [1.165, 1.54) is 0 Å². The molecule has 2 rings (SSSR count). The molecule has 0 aliphatic heterocycles. The quantitative estimate of drug-likeness (QED) is 0.500. The minimum absolute atomic E-state index is 0.299. The number of aryl methyl sites for hydroxylation is 1. The van der Waals surface area contributed by atoms with Crippen molar-refractivity contribution in [3.63, 3.8) is 0 Å².